The van der Waals surface area contributed by atoms with Crippen LogP contribution in [-0.4, -0.2) is 21.5 Å². The van der Waals surface area contributed by atoms with E-state index in [4.69, 9.17) is 5.26 Å². The summed E-state index contributed by atoms with van der Waals surface area (Å²) < 4.78 is 1.74. The first-order chi connectivity index (χ1) is 8.35. The Kier molecular flexibility index (Phi) is 3.48. The van der Waals surface area contributed by atoms with Crippen molar-refractivity contribution in [3.8, 4) is 11.8 Å². The van der Waals surface area contributed by atoms with Crippen molar-refractivity contribution >= 4 is 0 Å². The summed E-state index contributed by atoms with van der Waals surface area (Å²) in [6.45, 7) is 3.65. The van der Waals surface area contributed by atoms with Crippen LogP contribution in [-0.2, 0) is 6.54 Å². The summed E-state index contributed by atoms with van der Waals surface area (Å²) in [5.41, 5.74) is 2.45. The topological polar surface area (TPSA) is 66.5 Å². The molecule has 0 spiro atoms. The maximum absolute atomic E-state index is 8.86. The third-order valence-corrected chi connectivity index (χ3v) is 2.40. The highest BCUT2D eigenvalue weighted by Crippen LogP contribution is 2.11. The maximum atomic E-state index is 8.86. The zero-order valence-corrected chi connectivity index (χ0v) is 9.59. The van der Waals surface area contributed by atoms with Crippen LogP contribution in [0.5, 0.6) is 0 Å². The van der Waals surface area contributed by atoms with Gasteiger partial charge in [-0.1, -0.05) is 18.2 Å². The molecule has 0 atom stereocenters. The van der Waals surface area contributed by atoms with Gasteiger partial charge in [0.05, 0.1) is 29.2 Å². The zero-order valence-electron chi connectivity index (χ0n) is 9.59. The second kappa shape index (κ2) is 5.23. The average Bonchev–Trinajstić information content (AvgIpc) is 2.84. The van der Waals surface area contributed by atoms with E-state index in [-0.39, 0.29) is 0 Å². The number of hydrogen-bond acceptors (Lipinski definition) is 4. The Hall–Kier alpha value is -2.19. The molecule has 0 saturated carbocycles. The Morgan fingerprint density at radius 3 is 3.12 bits per heavy atom. The highest BCUT2D eigenvalue weighted by atomic mass is 15.4. The molecule has 0 aliphatic rings. The van der Waals surface area contributed by atoms with E-state index in [1.807, 2.05) is 19.1 Å². The maximum Gasteiger partial charge on any atom is 0.0992 e. The van der Waals surface area contributed by atoms with Gasteiger partial charge < -0.3 is 5.32 Å². The highest BCUT2D eigenvalue weighted by molar-refractivity contribution is 5.41. The minimum Gasteiger partial charge on any atom is -0.311 e. The minimum absolute atomic E-state index is 0.618. The van der Waals surface area contributed by atoms with Gasteiger partial charge in [0.2, 0.25) is 0 Å². The molecular weight excluding hydrogens is 214 g/mol. The molecule has 0 amide bonds. The van der Waals surface area contributed by atoms with Crippen LogP contribution >= 0.6 is 0 Å². The average molecular weight is 227 g/mol. The van der Waals surface area contributed by atoms with E-state index >= 15 is 0 Å². The van der Waals surface area contributed by atoms with Gasteiger partial charge in [-0.3, -0.25) is 0 Å². The number of aromatic nitrogens is 3. The van der Waals surface area contributed by atoms with Crippen LogP contribution in [0.15, 0.2) is 30.5 Å². The second-order valence-corrected chi connectivity index (χ2v) is 3.58. The molecular formula is C12H13N5. The van der Waals surface area contributed by atoms with Crippen molar-refractivity contribution in [1.82, 2.24) is 20.3 Å². The Labute approximate surface area is 99.7 Å². The van der Waals surface area contributed by atoms with Gasteiger partial charge in [-0.05, 0) is 24.7 Å². The van der Waals surface area contributed by atoms with Gasteiger partial charge >= 0.3 is 0 Å². The molecule has 0 unspecified atom stereocenters. The van der Waals surface area contributed by atoms with Crippen molar-refractivity contribution in [2.75, 3.05) is 6.54 Å². The SMILES string of the molecule is CCNCc1cnnn1-c1cccc(C#N)c1. The zero-order chi connectivity index (χ0) is 12.1. The lowest BCUT2D eigenvalue weighted by atomic mass is 10.2. The number of nitrogens with zero attached hydrogens (tertiary/aromatic N) is 4. The Bertz CT molecular complexity index is 538. The fourth-order valence-electron chi connectivity index (χ4n) is 1.55. The molecule has 0 bridgehead atoms. The summed E-state index contributed by atoms with van der Waals surface area (Å²) in [7, 11) is 0. The molecule has 1 N–H and O–H groups in total. The lowest BCUT2D eigenvalue weighted by Gasteiger charge is -2.06. The second-order valence-electron chi connectivity index (χ2n) is 3.58. The molecule has 0 aliphatic heterocycles. The van der Waals surface area contributed by atoms with E-state index < -0.39 is 0 Å². The third-order valence-electron chi connectivity index (χ3n) is 2.40. The molecule has 5 nitrogen and oxygen atoms in total. The van der Waals surface area contributed by atoms with E-state index in [1.54, 1.807) is 23.0 Å². The van der Waals surface area contributed by atoms with Gasteiger partial charge in [-0.2, -0.15) is 5.26 Å². The van der Waals surface area contributed by atoms with Crippen LogP contribution in [0.4, 0.5) is 0 Å². The van der Waals surface area contributed by atoms with Crippen LogP contribution in [0.2, 0.25) is 0 Å². The summed E-state index contributed by atoms with van der Waals surface area (Å²) in [6.07, 6.45) is 1.72. The van der Waals surface area contributed by atoms with Crippen molar-refractivity contribution in [3.63, 3.8) is 0 Å². The number of nitrogens with one attached hydrogen (secondary N) is 1. The van der Waals surface area contributed by atoms with Crippen LogP contribution in [0.3, 0.4) is 0 Å². The minimum atomic E-state index is 0.618. The predicted molar refractivity (Wildman–Crippen MR) is 63.5 cm³/mol. The summed E-state index contributed by atoms with van der Waals surface area (Å²) in [6, 6.07) is 9.43. The monoisotopic (exact) mass is 227 g/mol. The predicted octanol–water partition coefficient (Wildman–Crippen LogP) is 1.25. The normalized spacial score (nSPS) is 10.1. The van der Waals surface area contributed by atoms with Gasteiger partial charge in [0.1, 0.15) is 0 Å². The van der Waals surface area contributed by atoms with E-state index in [1.165, 1.54) is 0 Å². The molecule has 5 heteroatoms. The van der Waals surface area contributed by atoms with Gasteiger partial charge in [-0.25, -0.2) is 4.68 Å². The number of benzene rings is 1. The van der Waals surface area contributed by atoms with E-state index in [0.717, 1.165) is 17.9 Å². The molecule has 0 fully saturated rings. The molecule has 0 radical (unpaired) electrons. The number of hydrogen-bond donors (Lipinski definition) is 1. The van der Waals surface area contributed by atoms with E-state index in [2.05, 4.69) is 21.7 Å². The summed E-state index contributed by atoms with van der Waals surface area (Å²) in [4.78, 5) is 0. The molecule has 2 aromatic rings. The lowest BCUT2D eigenvalue weighted by Crippen LogP contribution is -2.15. The smallest absolute Gasteiger partial charge is 0.0992 e. The Morgan fingerprint density at radius 1 is 1.47 bits per heavy atom. The molecule has 86 valence electrons. The van der Waals surface area contributed by atoms with E-state index in [9.17, 15) is 0 Å². The fraction of sp³-hybridized carbons (Fsp3) is 0.250. The van der Waals surface area contributed by atoms with Crippen molar-refractivity contribution in [3.05, 3.63) is 41.7 Å². The molecule has 1 aromatic carbocycles. The fourth-order valence-corrected chi connectivity index (χ4v) is 1.55. The van der Waals surface area contributed by atoms with Crippen LogP contribution < -0.4 is 5.32 Å². The number of rotatable bonds is 4. The highest BCUT2D eigenvalue weighted by Gasteiger charge is 2.05. The first kappa shape index (κ1) is 11.3. The number of nitriles is 1. The molecule has 17 heavy (non-hydrogen) atoms. The largest absolute Gasteiger partial charge is 0.311 e. The first-order valence-corrected chi connectivity index (χ1v) is 5.46. The molecule has 2 rings (SSSR count). The standard InChI is InChI=1S/C12H13N5/c1-2-14-8-12-9-15-16-17(12)11-5-3-4-10(6-11)7-13/h3-6,9,14H,2,8H2,1H3. The van der Waals surface area contributed by atoms with Crippen LogP contribution in [0.1, 0.15) is 18.2 Å². The summed E-state index contributed by atoms with van der Waals surface area (Å²) in [5.74, 6) is 0. The quantitative estimate of drug-likeness (QED) is 0.853. The van der Waals surface area contributed by atoms with Gasteiger partial charge in [-0.15, -0.1) is 5.10 Å². The summed E-state index contributed by atoms with van der Waals surface area (Å²) in [5, 5.41) is 20.0. The van der Waals surface area contributed by atoms with Gasteiger partial charge in [0.25, 0.3) is 0 Å². The van der Waals surface area contributed by atoms with Crippen LogP contribution in [0.25, 0.3) is 5.69 Å². The molecule has 0 saturated heterocycles. The summed E-state index contributed by atoms with van der Waals surface area (Å²) >= 11 is 0. The third kappa shape index (κ3) is 2.49. The Morgan fingerprint density at radius 2 is 2.35 bits per heavy atom. The van der Waals surface area contributed by atoms with Gasteiger partial charge in [0, 0.05) is 6.54 Å². The van der Waals surface area contributed by atoms with Crippen LogP contribution in [0, 0.1) is 11.3 Å². The lowest BCUT2D eigenvalue weighted by molar-refractivity contribution is 0.672. The molecule has 1 heterocycles. The first-order valence-electron chi connectivity index (χ1n) is 5.46. The van der Waals surface area contributed by atoms with Crippen molar-refractivity contribution < 1.29 is 0 Å². The molecule has 0 aliphatic carbocycles. The van der Waals surface area contributed by atoms with E-state index in [0.29, 0.717) is 12.1 Å². The molecule has 1 aromatic heterocycles. The Balaban J connectivity index is 2.33. The van der Waals surface area contributed by atoms with Crippen molar-refractivity contribution in [2.24, 2.45) is 0 Å². The van der Waals surface area contributed by atoms with Gasteiger partial charge in [0.15, 0.2) is 0 Å². The van der Waals surface area contributed by atoms with Crippen molar-refractivity contribution in [1.29, 1.82) is 5.26 Å². The van der Waals surface area contributed by atoms with Crippen molar-refractivity contribution in [2.45, 2.75) is 13.5 Å².